The van der Waals surface area contributed by atoms with Crippen molar-refractivity contribution in [3.8, 4) is 0 Å². The first kappa shape index (κ1) is 14.4. The van der Waals surface area contributed by atoms with Gasteiger partial charge >= 0.3 is 0 Å². The number of rotatable bonds is 4. The molecular weight excluding hydrogens is 282 g/mol. The summed E-state index contributed by atoms with van der Waals surface area (Å²) in [6, 6.07) is 2.33. The normalized spacial score (nSPS) is 19.1. The third-order valence-corrected chi connectivity index (χ3v) is 4.62. The Morgan fingerprint density at radius 2 is 2.24 bits per heavy atom. The molecule has 112 valence electrons. The Morgan fingerprint density at radius 1 is 1.38 bits per heavy atom. The van der Waals surface area contributed by atoms with E-state index in [1.165, 1.54) is 11.3 Å². The summed E-state index contributed by atoms with van der Waals surface area (Å²) in [5, 5.41) is 4.18. The van der Waals surface area contributed by atoms with Gasteiger partial charge in [-0.2, -0.15) is 0 Å². The minimum absolute atomic E-state index is 0.355. The van der Waals surface area contributed by atoms with E-state index < -0.39 is 0 Å². The molecule has 3 heterocycles. The number of thiazole rings is 1. The van der Waals surface area contributed by atoms with E-state index in [2.05, 4.69) is 34.0 Å². The van der Waals surface area contributed by atoms with Crippen molar-refractivity contribution in [2.45, 2.75) is 39.7 Å². The highest BCUT2D eigenvalue weighted by atomic mass is 32.1. The van der Waals surface area contributed by atoms with Crippen molar-refractivity contribution in [2.75, 3.05) is 18.4 Å². The van der Waals surface area contributed by atoms with Gasteiger partial charge in [-0.1, -0.05) is 6.92 Å². The predicted molar refractivity (Wildman–Crippen MR) is 86.1 cm³/mol. The van der Waals surface area contributed by atoms with Gasteiger partial charge in [0, 0.05) is 22.8 Å². The molecule has 6 heteroatoms. The van der Waals surface area contributed by atoms with Gasteiger partial charge in [0.2, 0.25) is 0 Å². The standard InChI is InChI=1S/C15H21N5S/c1-4-20-7-5-6-12(20)14-17-10(2)8-13(18-14)19-15-16-9-11(3)21-15/h8-9,12H,4-7H2,1-3H3,(H,16,17,18,19). The number of aromatic nitrogens is 3. The van der Waals surface area contributed by atoms with Crippen LogP contribution in [0.25, 0.3) is 0 Å². The summed E-state index contributed by atoms with van der Waals surface area (Å²) in [6.45, 7) is 8.47. The molecule has 1 aliphatic heterocycles. The lowest BCUT2D eigenvalue weighted by atomic mass is 10.2. The van der Waals surface area contributed by atoms with Crippen LogP contribution in [0.15, 0.2) is 12.3 Å². The molecule has 0 amide bonds. The third-order valence-electron chi connectivity index (χ3n) is 3.80. The summed E-state index contributed by atoms with van der Waals surface area (Å²) in [4.78, 5) is 17.3. The summed E-state index contributed by atoms with van der Waals surface area (Å²) >= 11 is 1.64. The largest absolute Gasteiger partial charge is 0.316 e. The van der Waals surface area contributed by atoms with Gasteiger partial charge in [-0.25, -0.2) is 15.0 Å². The lowest BCUT2D eigenvalue weighted by Gasteiger charge is -2.22. The summed E-state index contributed by atoms with van der Waals surface area (Å²) in [5.74, 6) is 1.78. The van der Waals surface area contributed by atoms with Crippen molar-refractivity contribution < 1.29 is 0 Å². The summed E-state index contributed by atoms with van der Waals surface area (Å²) in [7, 11) is 0. The Balaban J connectivity index is 1.85. The van der Waals surface area contributed by atoms with E-state index in [1.807, 2.05) is 19.2 Å². The first-order valence-electron chi connectivity index (χ1n) is 7.45. The smallest absolute Gasteiger partial charge is 0.188 e. The van der Waals surface area contributed by atoms with Gasteiger partial charge in [0.25, 0.3) is 0 Å². The molecular formula is C15H21N5S. The first-order chi connectivity index (χ1) is 10.2. The Bertz CT molecular complexity index is 624. The molecule has 0 aromatic carbocycles. The van der Waals surface area contributed by atoms with Gasteiger partial charge in [0.15, 0.2) is 5.13 Å². The zero-order valence-electron chi connectivity index (χ0n) is 12.8. The van der Waals surface area contributed by atoms with Crippen LogP contribution in [0, 0.1) is 13.8 Å². The molecule has 1 fully saturated rings. The van der Waals surface area contributed by atoms with E-state index >= 15 is 0 Å². The lowest BCUT2D eigenvalue weighted by molar-refractivity contribution is 0.262. The van der Waals surface area contributed by atoms with E-state index in [0.29, 0.717) is 6.04 Å². The van der Waals surface area contributed by atoms with Gasteiger partial charge in [0.05, 0.1) is 6.04 Å². The first-order valence-corrected chi connectivity index (χ1v) is 8.26. The maximum atomic E-state index is 4.72. The fourth-order valence-electron chi connectivity index (χ4n) is 2.82. The van der Waals surface area contributed by atoms with Gasteiger partial charge in [-0.3, -0.25) is 4.90 Å². The van der Waals surface area contributed by atoms with E-state index in [9.17, 15) is 0 Å². The quantitative estimate of drug-likeness (QED) is 0.937. The van der Waals surface area contributed by atoms with E-state index in [0.717, 1.165) is 42.0 Å². The van der Waals surface area contributed by atoms with Crippen LogP contribution in [0.2, 0.25) is 0 Å². The molecule has 5 nitrogen and oxygen atoms in total. The molecule has 1 aliphatic rings. The number of hydrogen-bond donors (Lipinski definition) is 1. The molecule has 0 saturated carbocycles. The Morgan fingerprint density at radius 3 is 2.95 bits per heavy atom. The van der Waals surface area contributed by atoms with Crippen LogP contribution in [0.1, 0.15) is 42.2 Å². The highest BCUT2D eigenvalue weighted by molar-refractivity contribution is 7.15. The molecule has 0 radical (unpaired) electrons. The molecule has 1 unspecified atom stereocenters. The molecule has 0 bridgehead atoms. The fraction of sp³-hybridized carbons (Fsp3) is 0.533. The van der Waals surface area contributed by atoms with Gasteiger partial charge in [-0.15, -0.1) is 11.3 Å². The molecule has 3 rings (SSSR count). The van der Waals surface area contributed by atoms with E-state index in [4.69, 9.17) is 4.98 Å². The van der Waals surface area contributed by atoms with E-state index in [1.54, 1.807) is 11.3 Å². The number of likely N-dealkylation sites (tertiary alicyclic amines) is 1. The maximum Gasteiger partial charge on any atom is 0.188 e. The van der Waals surface area contributed by atoms with Gasteiger partial charge in [-0.05, 0) is 39.8 Å². The lowest BCUT2D eigenvalue weighted by Crippen LogP contribution is -2.24. The Kier molecular flexibility index (Phi) is 4.17. The molecule has 2 aromatic heterocycles. The molecule has 21 heavy (non-hydrogen) atoms. The second-order valence-corrected chi connectivity index (χ2v) is 6.68. The number of nitrogens with one attached hydrogen (secondary N) is 1. The molecule has 1 atom stereocenters. The average molecular weight is 303 g/mol. The average Bonchev–Trinajstić information content (AvgIpc) is 3.06. The topological polar surface area (TPSA) is 53.9 Å². The molecule has 0 aliphatic carbocycles. The van der Waals surface area contributed by atoms with Crippen molar-refractivity contribution in [2.24, 2.45) is 0 Å². The molecule has 2 aromatic rings. The number of hydrogen-bond acceptors (Lipinski definition) is 6. The highest BCUT2D eigenvalue weighted by Gasteiger charge is 2.27. The van der Waals surface area contributed by atoms with Crippen LogP contribution in [0.5, 0.6) is 0 Å². The molecule has 1 saturated heterocycles. The number of aryl methyl sites for hydroxylation is 2. The monoisotopic (exact) mass is 303 g/mol. The highest BCUT2D eigenvalue weighted by Crippen LogP contribution is 2.30. The predicted octanol–water partition coefficient (Wildman–Crippen LogP) is 3.45. The maximum absolute atomic E-state index is 4.72. The van der Waals surface area contributed by atoms with Crippen molar-refractivity contribution in [1.82, 2.24) is 19.9 Å². The van der Waals surface area contributed by atoms with Gasteiger partial charge in [0.1, 0.15) is 11.6 Å². The second kappa shape index (κ2) is 6.07. The Labute approximate surface area is 129 Å². The third kappa shape index (κ3) is 3.22. The van der Waals surface area contributed by atoms with Crippen molar-refractivity contribution in [3.63, 3.8) is 0 Å². The zero-order valence-corrected chi connectivity index (χ0v) is 13.6. The van der Waals surface area contributed by atoms with Crippen molar-refractivity contribution >= 4 is 22.3 Å². The summed E-state index contributed by atoms with van der Waals surface area (Å²) < 4.78 is 0. The van der Waals surface area contributed by atoms with Crippen LogP contribution in [0.4, 0.5) is 10.9 Å². The fourth-order valence-corrected chi connectivity index (χ4v) is 3.50. The number of anilines is 2. The second-order valence-electron chi connectivity index (χ2n) is 5.44. The zero-order chi connectivity index (χ0) is 14.8. The molecule has 0 spiro atoms. The van der Waals surface area contributed by atoms with Crippen molar-refractivity contribution in [3.05, 3.63) is 28.7 Å². The Hall–Kier alpha value is -1.53. The van der Waals surface area contributed by atoms with Gasteiger partial charge < -0.3 is 5.32 Å². The minimum Gasteiger partial charge on any atom is -0.316 e. The molecule has 1 N–H and O–H groups in total. The van der Waals surface area contributed by atoms with Crippen LogP contribution in [0.3, 0.4) is 0 Å². The van der Waals surface area contributed by atoms with Crippen LogP contribution >= 0.6 is 11.3 Å². The van der Waals surface area contributed by atoms with Crippen LogP contribution < -0.4 is 5.32 Å². The van der Waals surface area contributed by atoms with Crippen LogP contribution in [-0.4, -0.2) is 32.9 Å². The van der Waals surface area contributed by atoms with Crippen molar-refractivity contribution in [1.29, 1.82) is 0 Å². The summed E-state index contributed by atoms with van der Waals surface area (Å²) in [5.41, 5.74) is 0.999. The SMILES string of the molecule is CCN1CCCC1c1nc(C)cc(Nc2ncc(C)s2)n1. The van der Waals surface area contributed by atoms with Crippen LogP contribution in [-0.2, 0) is 0 Å². The number of nitrogens with zero attached hydrogens (tertiary/aromatic N) is 4. The summed E-state index contributed by atoms with van der Waals surface area (Å²) in [6.07, 6.45) is 4.25. The van der Waals surface area contributed by atoms with E-state index in [-0.39, 0.29) is 0 Å². The minimum atomic E-state index is 0.355.